The molecule has 0 unspecified atom stereocenters. The van der Waals surface area contributed by atoms with Crippen LogP contribution in [0.4, 0.5) is 0 Å². The molecule has 1 amide bonds. The van der Waals surface area contributed by atoms with Crippen LogP contribution in [0.25, 0.3) is 0 Å². The summed E-state index contributed by atoms with van der Waals surface area (Å²) in [4.78, 5) is 17.1. The van der Waals surface area contributed by atoms with Crippen molar-refractivity contribution >= 4 is 12.1 Å². The molecule has 0 saturated heterocycles. The molecule has 0 aliphatic carbocycles. The van der Waals surface area contributed by atoms with Crippen LogP contribution in [0, 0.1) is 0 Å². The minimum absolute atomic E-state index is 0.151. The van der Waals surface area contributed by atoms with Crippen LogP contribution >= 0.6 is 0 Å². The molecule has 0 N–H and O–H groups in total. The van der Waals surface area contributed by atoms with Gasteiger partial charge in [-0.3, -0.25) is 4.79 Å². The average Bonchev–Trinajstić information content (AvgIpc) is 2.16. The van der Waals surface area contributed by atoms with Crippen molar-refractivity contribution in [1.82, 2.24) is 4.90 Å². The lowest BCUT2D eigenvalue weighted by Crippen LogP contribution is -2.31. The van der Waals surface area contributed by atoms with Crippen LogP contribution in [-0.4, -0.2) is 37.2 Å². The number of nitrogens with zero attached hydrogens (tertiary/aromatic N) is 2. The Bertz CT molecular complexity index is 212. The number of hydrogen-bond donors (Lipinski definition) is 0. The topological polar surface area (TPSA) is 41.9 Å². The number of amides is 1. The molecule has 0 aromatic carbocycles. The van der Waals surface area contributed by atoms with Crippen molar-refractivity contribution in [2.45, 2.75) is 0 Å². The quantitative estimate of drug-likeness (QED) is 0.264. The normalized spacial score (nSPS) is 9.62. The second kappa shape index (κ2) is 7.09. The van der Waals surface area contributed by atoms with Gasteiger partial charge < -0.3 is 9.74 Å². The highest BCUT2D eigenvalue weighted by atomic mass is 16.6. The third-order valence-electron chi connectivity index (χ3n) is 1.32. The second-order valence-corrected chi connectivity index (χ2v) is 2.21. The Hall–Kier alpha value is -1.58. The smallest absolute Gasteiger partial charge is 0.246 e. The average molecular weight is 182 g/mol. The molecule has 0 heterocycles. The fourth-order valence-electron chi connectivity index (χ4n) is 0.746. The van der Waals surface area contributed by atoms with Gasteiger partial charge in [-0.15, -0.1) is 6.58 Å². The molecule has 0 fully saturated rings. The summed E-state index contributed by atoms with van der Waals surface area (Å²) in [5.41, 5.74) is 0. The van der Waals surface area contributed by atoms with E-state index in [1.54, 1.807) is 6.08 Å². The van der Waals surface area contributed by atoms with Gasteiger partial charge in [0.05, 0.1) is 12.8 Å². The van der Waals surface area contributed by atoms with Crippen molar-refractivity contribution in [3.8, 4) is 0 Å². The zero-order valence-corrected chi connectivity index (χ0v) is 7.77. The summed E-state index contributed by atoms with van der Waals surface area (Å²) < 4.78 is 0. The van der Waals surface area contributed by atoms with E-state index in [2.05, 4.69) is 23.2 Å². The van der Waals surface area contributed by atoms with E-state index >= 15 is 0 Å². The number of hydrogen-bond acceptors (Lipinski definition) is 3. The molecule has 0 radical (unpaired) electrons. The van der Waals surface area contributed by atoms with E-state index in [4.69, 9.17) is 0 Å². The molecule has 13 heavy (non-hydrogen) atoms. The molecule has 0 aromatic heterocycles. The van der Waals surface area contributed by atoms with Crippen molar-refractivity contribution in [3.63, 3.8) is 0 Å². The van der Waals surface area contributed by atoms with E-state index in [1.807, 2.05) is 0 Å². The highest BCUT2D eigenvalue weighted by Gasteiger charge is 2.05. The van der Waals surface area contributed by atoms with Crippen molar-refractivity contribution in [3.05, 3.63) is 25.3 Å². The van der Waals surface area contributed by atoms with Gasteiger partial charge in [0, 0.05) is 6.54 Å². The van der Waals surface area contributed by atoms with Crippen LogP contribution in [0.1, 0.15) is 0 Å². The van der Waals surface area contributed by atoms with Crippen molar-refractivity contribution in [1.29, 1.82) is 0 Å². The first-order chi connectivity index (χ1) is 6.26. The molecule has 0 atom stereocenters. The maximum Gasteiger partial charge on any atom is 0.246 e. The summed E-state index contributed by atoms with van der Waals surface area (Å²) in [6, 6.07) is 0. The Labute approximate surface area is 78.2 Å². The van der Waals surface area contributed by atoms with Gasteiger partial charge in [-0.05, 0) is 6.08 Å². The van der Waals surface area contributed by atoms with Gasteiger partial charge in [-0.1, -0.05) is 17.8 Å². The molecule has 0 aliphatic heterocycles. The summed E-state index contributed by atoms with van der Waals surface area (Å²) in [5.74, 6) is -0.151. The van der Waals surface area contributed by atoms with E-state index in [1.165, 1.54) is 24.3 Å². The van der Waals surface area contributed by atoms with Crippen LogP contribution in [0.2, 0.25) is 0 Å². The van der Waals surface area contributed by atoms with Gasteiger partial charge in [-0.25, -0.2) is 0 Å². The van der Waals surface area contributed by atoms with Gasteiger partial charge in [-0.2, -0.15) is 0 Å². The predicted molar refractivity (Wildman–Crippen MR) is 52.5 cm³/mol. The molecular formula is C9H14N2O2. The molecule has 0 aromatic rings. The Morgan fingerprint density at radius 1 is 1.54 bits per heavy atom. The highest BCUT2D eigenvalue weighted by Crippen LogP contribution is 1.89. The molecule has 4 nitrogen and oxygen atoms in total. The monoisotopic (exact) mass is 182 g/mol. The largest absolute Gasteiger partial charge is 0.399 e. The van der Waals surface area contributed by atoms with Gasteiger partial charge in [0.15, 0.2) is 0 Å². The van der Waals surface area contributed by atoms with E-state index in [-0.39, 0.29) is 5.91 Å². The van der Waals surface area contributed by atoms with Crippen LogP contribution in [0.15, 0.2) is 30.5 Å². The van der Waals surface area contributed by atoms with E-state index in [0.717, 1.165) is 0 Å². The Balaban J connectivity index is 4.08. The van der Waals surface area contributed by atoms with Crippen LogP contribution in [0.3, 0.4) is 0 Å². The first-order valence-corrected chi connectivity index (χ1v) is 3.83. The minimum Gasteiger partial charge on any atom is -0.399 e. The third-order valence-corrected chi connectivity index (χ3v) is 1.32. The molecule has 0 saturated carbocycles. The number of rotatable bonds is 6. The molecule has 0 bridgehead atoms. The molecule has 0 spiro atoms. The van der Waals surface area contributed by atoms with Crippen LogP contribution in [0.5, 0.6) is 0 Å². The first-order valence-electron chi connectivity index (χ1n) is 3.83. The lowest BCUT2D eigenvalue weighted by Gasteiger charge is -2.15. The summed E-state index contributed by atoms with van der Waals surface area (Å²) in [5, 5.41) is 3.52. The zero-order valence-electron chi connectivity index (χ0n) is 7.77. The Morgan fingerprint density at radius 3 is 2.69 bits per heavy atom. The first kappa shape index (κ1) is 11.4. The summed E-state index contributed by atoms with van der Waals surface area (Å²) >= 11 is 0. The van der Waals surface area contributed by atoms with Gasteiger partial charge in [0.25, 0.3) is 0 Å². The number of carbonyl (C=O) groups is 1. The second-order valence-electron chi connectivity index (χ2n) is 2.21. The number of carbonyl (C=O) groups excluding carboxylic acids is 1. The molecule has 0 aliphatic rings. The van der Waals surface area contributed by atoms with E-state index in [0.29, 0.717) is 13.1 Å². The zero-order chi connectivity index (χ0) is 10.1. The van der Waals surface area contributed by atoms with Gasteiger partial charge in [0.2, 0.25) is 5.91 Å². The van der Waals surface area contributed by atoms with E-state index in [9.17, 15) is 4.79 Å². The number of oxime groups is 1. The van der Waals surface area contributed by atoms with Crippen molar-refractivity contribution in [2.24, 2.45) is 5.16 Å². The van der Waals surface area contributed by atoms with Crippen molar-refractivity contribution < 1.29 is 9.63 Å². The van der Waals surface area contributed by atoms with Crippen molar-refractivity contribution in [2.75, 3.05) is 20.2 Å². The fraction of sp³-hybridized carbons (Fsp3) is 0.333. The molecule has 0 rings (SSSR count). The van der Waals surface area contributed by atoms with Gasteiger partial charge >= 0.3 is 0 Å². The highest BCUT2D eigenvalue weighted by molar-refractivity contribution is 5.88. The standard InChI is InChI=1S/C9H14N2O2/c1-4-7-11(9(12)5-2)8-6-10-13-3/h4-6H,1-2,7-8H2,3H3/b10-6+. The maximum atomic E-state index is 11.2. The summed E-state index contributed by atoms with van der Waals surface area (Å²) in [6.45, 7) is 7.80. The molecule has 72 valence electrons. The van der Waals surface area contributed by atoms with Crippen LogP contribution < -0.4 is 0 Å². The maximum absolute atomic E-state index is 11.2. The van der Waals surface area contributed by atoms with Gasteiger partial charge in [0.1, 0.15) is 7.11 Å². The lowest BCUT2D eigenvalue weighted by molar-refractivity contribution is -0.124. The predicted octanol–water partition coefficient (Wildman–Crippen LogP) is 0.819. The van der Waals surface area contributed by atoms with Crippen LogP contribution in [-0.2, 0) is 9.63 Å². The summed E-state index contributed by atoms with van der Waals surface area (Å²) in [6.07, 6.45) is 4.40. The third kappa shape index (κ3) is 4.79. The Morgan fingerprint density at radius 2 is 2.23 bits per heavy atom. The lowest BCUT2D eigenvalue weighted by atomic mass is 10.4. The Kier molecular flexibility index (Phi) is 6.23. The fourth-order valence-corrected chi connectivity index (χ4v) is 0.746. The minimum atomic E-state index is -0.151. The SMILES string of the molecule is C=CCN(C/C=N/OC)C(=O)C=C. The summed E-state index contributed by atoms with van der Waals surface area (Å²) in [7, 11) is 1.45. The van der Waals surface area contributed by atoms with E-state index < -0.39 is 0 Å². The molecular weight excluding hydrogens is 168 g/mol. The molecule has 4 heteroatoms.